The van der Waals surface area contributed by atoms with Gasteiger partial charge in [0.05, 0.1) is 6.42 Å². The highest BCUT2D eigenvalue weighted by Crippen LogP contribution is 2.20. The van der Waals surface area contributed by atoms with Crippen molar-refractivity contribution in [2.45, 2.75) is 25.9 Å². The van der Waals surface area contributed by atoms with Crippen LogP contribution < -0.4 is 0 Å². The summed E-state index contributed by atoms with van der Waals surface area (Å²) in [5.74, 6) is 0.571. The summed E-state index contributed by atoms with van der Waals surface area (Å²) in [6, 6.07) is 12.7. The van der Waals surface area contributed by atoms with Crippen LogP contribution in [0.4, 0.5) is 0 Å². The lowest BCUT2D eigenvalue weighted by Gasteiger charge is -2.40. The maximum Gasteiger partial charge on any atom is 0.271 e. The minimum Gasteiger partial charge on any atom is -0.347 e. The molecule has 1 aromatic carbocycles. The topological polar surface area (TPSA) is 84.5 Å². The van der Waals surface area contributed by atoms with E-state index in [2.05, 4.69) is 10.1 Å². The van der Waals surface area contributed by atoms with Crippen molar-refractivity contribution in [3.63, 3.8) is 0 Å². The average molecular weight is 393 g/mol. The minimum atomic E-state index is -0.685. The largest absolute Gasteiger partial charge is 0.347 e. The zero-order valence-corrected chi connectivity index (χ0v) is 16.5. The van der Waals surface area contributed by atoms with Gasteiger partial charge in [0.25, 0.3) is 5.91 Å². The number of piperazine rings is 1. The van der Waals surface area contributed by atoms with Crippen LogP contribution in [0.3, 0.4) is 0 Å². The van der Waals surface area contributed by atoms with Gasteiger partial charge in [0.15, 0.2) is 5.82 Å². The third-order valence-corrected chi connectivity index (χ3v) is 5.16. The molecule has 3 heterocycles. The van der Waals surface area contributed by atoms with Gasteiger partial charge in [0, 0.05) is 32.9 Å². The molecule has 1 aliphatic rings. The Kier molecular flexibility index (Phi) is 5.16. The summed E-state index contributed by atoms with van der Waals surface area (Å²) in [4.78, 5) is 34.2. The molecule has 0 N–H and O–H groups in total. The van der Waals surface area contributed by atoms with Crippen molar-refractivity contribution >= 4 is 11.8 Å². The Morgan fingerprint density at radius 3 is 2.62 bits per heavy atom. The molecule has 0 saturated carbocycles. The molecule has 0 bridgehead atoms. The second-order valence-electron chi connectivity index (χ2n) is 7.20. The van der Waals surface area contributed by atoms with Crippen LogP contribution in [0, 0.1) is 6.92 Å². The van der Waals surface area contributed by atoms with E-state index >= 15 is 0 Å². The van der Waals surface area contributed by atoms with Crippen LogP contribution in [-0.4, -0.2) is 55.5 Å². The fraction of sp³-hybridized carbons (Fsp3) is 0.333. The Hall–Kier alpha value is -3.42. The van der Waals surface area contributed by atoms with E-state index in [1.54, 1.807) is 27.4 Å². The third-order valence-electron chi connectivity index (χ3n) is 5.16. The third kappa shape index (κ3) is 3.91. The molecular formula is C21H23N5O3. The van der Waals surface area contributed by atoms with Crippen LogP contribution in [0.1, 0.15) is 27.8 Å². The zero-order valence-electron chi connectivity index (χ0n) is 16.5. The Labute approximate surface area is 168 Å². The van der Waals surface area contributed by atoms with Gasteiger partial charge in [-0.05, 0) is 24.6 Å². The molecule has 2 amide bonds. The molecule has 0 spiro atoms. The van der Waals surface area contributed by atoms with E-state index in [-0.39, 0.29) is 18.2 Å². The molecular weight excluding hydrogens is 370 g/mol. The first-order chi connectivity index (χ1) is 14.0. The number of hydrogen-bond donors (Lipinski definition) is 0. The second-order valence-corrected chi connectivity index (χ2v) is 7.20. The number of benzene rings is 1. The summed E-state index contributed by atoms with van der Waals surface area (Å²) < 4.78 is 7.00. The van der Waals surface area contributed by atoms with Crippen LogP contribution in [0.15, 0.2) is 53.2 Å². The maximum atomic E-state index is 13.3. The Morgan fingerprint density at radius 1 is 1.17 bits per heavy atom. The molecule has 8 nitrogen and oxygen atoms in total. The van der Waals surface area contributed by atoms with Crippen LogP contribution in [0.2, 0.25) is 0 Å². The predicted molar refractivity (Wildman–Crippen MR) is 105 cm³/mol. The molecule has 1 fully saturated rings. The van der Waals surface area contributed by atoms with Crippen LogP contribution in [0.5, 0.6) is 0 Å². The van der Waals surface area contributed by atoms with E-state index in [9.17, 15) is 9.59 Å². The number of hydrogen-bond acceptors (Lipinski definition) is 5. The average Bonchev–Trinajstić information content (AvgIpc) is 3.33. The number of aromatic nitrogens is 3. The number of rotatable bonds is 5. The molecule has 150 valence electrons. The summed E-state index contributed by atoms with van der Waals surface area (Å²) >= 11 is 0. The monoisotopic (exact) mass is 393 g/mol. The van der Waals surface area contributed by atoms with Gasteiger partial charge in [0.1, 0.15) is 11.7 Å². The molecule has 0 aliphatic carbocycles. The first-order valence-electron chi connectivity index (χ1n) is 9.57. The van der Waals surface area contributed by atoms with Crippen LogP contribution >= 0.6 is 0 Å². The zero-order chi connectivity index (χ0) is 20.4. The van der Waals surface area contributed by atoms with Crippen LogP contribution in [-0.2, 0) is 24.8 Å². The predicted octanol–water partition coefficient (Wildman–Crippen LogP) is 1.81. The van der Waals surface area contributed by atoms with Crippen molar-refractivity contribution in [2.24, 2.45) is 7.05 Å². The first kappa shape index (κ1) is 18.9. The number of carbonyl (C=O) groups excluding carboxylic acids is 2. The van der Waals surface area contributed by atoms with Gasteiger partial charge in [-0.25, -0.2) is 0 Å². The normalized spacial score (nSPS) is 17.0. The summed E-state index contributed by atoms with van der Waals surface area (Å²) in [6.45, 7) is 3.15. The van der Waals surface area contributed by atoms with E-state index in [0.29, 0.717) is 37.0 Å². The Bertz CT molecular complexity index is 1010. The maximum absolute atomic E-state index is 13.3. The molecule has 1 saturated heterocycles. The summed E-state index contributed by atoms with van der Waals surface area (Å²) in [5, 5.41) is 3.81. The standard InChI is InChI=1S/C21H23N5O3/c1-15-22-19(29-23-15)13-18-20(27)25(14-16-7-4-3-5-8-16)11-12-26(18)21(28)17-9-6-10-24(17)2/h3-10,18H,11-14H2,1-2H3. The molecule has 3 aromatic rings. The summed E-state index contributed by atoms with van der Waals surface area (Å²) in [7, 11) is 1.82. The Balaban J connectivity index is 1.60. The van der Waals surface area contributed by atoms with E-state index in [4.69, 9.17) is 4.52 Å². The van der Waals surface area contributed by atoms with Gasteiger partial charge in [-0.1, -0.05) is 35.5 Å². The quantitative estimate of drug-likeness (QED) is 0.660. The van der Waals surface area contributed by atoms with Crippen LogP contribution in [0.25, 0.3) is 0 Å². The molecule has 1 unspecified atom stereocenters. The van der Waals surface area contributed by atoms with Gasteiger partial charge >= 0.3 is 0 Å². The highest BCUT2D eigenvalue weighted by atomic mass is 16.5. The van der Waals surface area contributed by atoms with Gasteiger partial charge in [-0.3, -0.25) is 9.59 Å². The van der Waals surface area contributed by atoms with Gasteiger partial charge in [-0.15, -0.1) is 0 Å². The summed E-state index contributed by atoms with van der Waals surface area (Å²) in [6.07, 6.45) is 2.01. The number of carbonyl (C=O) groups is 2. The molecule has 29 heavy (non-hydrogen) atoms. The van der Waals surface area contributed by atoms with E-state index in [1.165, 1.54) is 0 Å². The second kappa shape index (κ2) is 7.90. The first-order valence-corrected chi connectivity index (χ1v) is 9.57. The molecule has 4 rings (SSSR count). The van der Waals surface area contributed by atoms with E-state index in [0.717, 1.165) is 5.56 Å². The van der Waals surface area contributed by atoms with Gasteiger partial charge in [-0.2, -0.15) is 4.98 Å². The molecule has 8 heteroatoms. The number of amides is 2. The van der Waals surface area contributed by atoms with Crippen molar-refractivity contribution < 1.29 is 14.1 Å². The number of nitrogens with zero attached hydrogens (tertiary/aromatic N) is 5. The molecule has 1 aliphatic heterocycles. The lowest BCUT2D eigenvalue weighted by Crippen LogP contribution is -2.59. The lowest BCUT2D eigenvalue weighted by atomic mass is 10.1. The molecule has 2 aromatic heterocycles. The minimum absolute atomic E-state index is 0.112. The smallest absolute Gasteiger partial charge is 0.271 e. The highest BCUT2D eigenvalue weighted by Gasteiger charge is 2.39. The van der Waals surface area contributed by atoms with Crippen molar-refractivity contribution in [1.82, 2.24) is 24.5 Å². The molecule has 1 atom stereocenters. The van der Waals surface area contributed by atoms with Gasteiger partial charge < -0.3 is 18.9 Å². The fourth-order valence-corrected chi connectivity index (χ4v) is 3.66. The highest BCUT2D eigenvalue weighted by molar-refractivity contribution is 5.97. The van der Waals surface area contributed by atoms with E-state index < -0.39 is 6.04 Å². The summed E-state index contributed by atoms with van der Waals surface area (Å²) in [5.41, 5.74) is 1.59. The van der Waals surface area contributed by atoms with Crippen molar-refractivity contribution in [1.29, 1.82) is 0 Å². The van der Waals surface area contributed by atoms with E-state index in [1.807, 2.05) is 49.6 Å². The van der Waals surface area contributed by atoms with Crippen molar-refractivity contribution in [3.05, 3.63) is 71.6 Å². The van der Waals surface area contributed by atoms with Crippen molar-refractivity contribution in [3.8, 4) is 0 Å². The number of aryl methyl sites for hydroxylation is 2. The lowest BCUT2D eigenvalue weighted by molar-refractivity contribution is -0.141. The Morgan fingerprint density at radius 2 is 1.97 bits per heavy atom. The fourth-order valence-electron chi connectivity index (χ4n) is 3.66. The van der Waals surface area contributed by atoms with Crippen molar-refractivity contribution in [2.75, 3.05) is 13.1 Å². The SMILES string of the molecule is Cc1noc(CC2C(=O)N(Cc3ccccc3)CCN2C(=O)c2cccn2C)n1. The van der Waals surface area contributed by atoms with Gasteiger partial charge in [0.2, 0.25) is 11.8 Å². The molecule has 0 radical (unpaired) electrons.